The molecule has 2 rings (SSSR count). The lowest BCUT2D eigenvalue weighted by atomic mass is 10.0. The summed E-state index contributed by atoms with van der Waals surface area (Å²) in [5, 5.41) is 8.91. The van der Waals surface area contributed by atoms with Crippen LogP contribution in [-0.2, 0) is 6.42 Å². The summed E-state index contributed by atoms with van der Waals surface area (Å²) >= 11 is 0. The summed E-state index contributed by atoms with van der Waals surface area (Å²) in [5.74, 6) is 0.954. The van der Waals surface area contributed by atoms with E-state index in [1.54, 1.807) is 7.11 Å². The van der Waals surface area contributed by atoms with Crippen LogP contribution in [0.5, 0.6) is 5.75 Å². The molecule has 0 amide bonds. The van der Waals surface area contributed by atoms with Gasteiger partial charge in [-0.05, 0) is 30.9 Å². The van der Waals surface area contributed by atoms with Gasteiger partial charge < -0.3 is 14.7 Å². The summed E-state index contributed by atoms with van der Waals surface area (Å²) < 4.78 is 5.42. The lowest BCUT2D eigenvalue weighted by molar-refractivity contribution is 0.289. The van der Waals surface area contributed by atoms with Crippen molar-refractivity contribution in [2.45, 2.75) is 19.3 Å². The van der Waals surface area contributed by atoms with Gasteiger partial charge in [0.15, 0.2) is 0 Å². The Balaban J connectivity index is 2.27. The second kappa shape index (κ2) is 5.21. The van der Waals surface area contributed by atoms with Crippen molar-refractivity contribution < 1.29 is 9.84 Å². The normalized spacial score (nSPS) is 14.8. The molecule has 1 aliphatic heterocycles. The van der Waals surface area contributed by atoms with Crippen molar-refractivity contribution in [3.05, 3.63) is 23.8 Å². The molecular formula is C13H19NO2. The molecule has 1 aromatic rings. The molecule has 0 fully saturated rings. The Labute approximate surface area is 96.6 Å². The summed E-state index contributed by atoms with van der Waals surface area (Å²) in [5.41, 5.74) is 2.59. The van der Waals surface area contributed by atoms with E-state index in [4.69, 9.17) is 9.84 Å². The van der Waals surface area contributed by atoms with Gasteiger partial charge in [0.1, 0.15) is 5.75 Å². The van der Waals surface area contributed by atoms with E-state index < -0.39 is 0 Å². The van der Waals surface area contributed by atoms with Gasteiger partial charge in [0.2, 0.25) is 0 Å². The monoisotopic (exact) mass is 221 g/mol. The van der Waals surface area contributed by atoms with Crippen LogP contribution in [0.25, 0.3) is 0 Å². The Morgan fingerprint density at radius 3 is 3.06 bits per heavy atom. The van der Waals surface area contributed by atoms with Gasteiger partial charge in [0.25, 0.3) is 0 Å². The first-order valence-electron chi connectivity index (χ1n) is 5.88. The average Bonchev–Trinajstić information content (AvgIpc) is 2.35. The van der Waals surface area contributed by atoms with Crippen LogP contribution in [0.15, 0.2) is 18.2 Å². The van der Waals surface area contributed by atoms with Crippen molar-refractivity contribution in [1.82, 2.24) is 0 Å². The second-order valence-electron chi connectivity index (χ2n) is 4.14. The third-order valence-electron chi connectivity index (χ3n) is 3.08. The smallest absolute Gasteiger partial charge is 0.142 e. The zero-order valence-electron chi connectivity index (χ0n) is 9.78. The topological polar surface area (TPSA) is 32.7 Å². The Morgan fingerprint density at radius 2 is 2.31 bits per heavy atom. The van der Waals surface area contributed by atoms with Crippen LogP contribution < -0.4 is 9.64 Å². The molecule has 3 nitrogen and oxygen atoms in total. The van der Waals surface area contributed by atoms with E-state index >= 15 is 0 Å². The molecule has 0 saturated heterocycles. The molecule has 0 atom stereocenters. The number of aliphatic hydroxyl groups excluding tert-OH is 1. The number of hydrogen-bond donors (Lipinski definition) is 1. The van der Waals surface area contributed by atoms with Gasteiger partial charge in [-0.15, -0.1) is 0 Å². The van der Waals surface area contributed by atoms with E-state index in [1.165, 1.54) is 17.7 Å². The third kappa shape index (κ3) is 2.14. The Morgan fingerprint density at radius 1 is 1.44 bits per heavy atom. The van der Waals surface area contributed by atoms with E-state index in [1.807, 2.05) is 12.1 Å². The number of nitrogens with zero attached hydrogens (tertiary/aromatic N) is 1. The van der Waals surface area contributed by atoms with Crippen LogP contribution in [0.4, 0.5) is 5.69 Å². The first-order chi connectivity index (χ1) is 7.86. The standard InChI is InChI=1S/C13H19NO2/c1-16-12-7-2-5-11-6-3-8-14(13(11)12)9-4-10-15/h2,5,7,15H,3-4,6,8-10H2,1H3. The van der Waals surface area contributed by atoms with Crippen molar-refractivity contribution in [2.24, 2.45) is 0 Å². The number of fused-ring (bicyclic) bond motifs is 1. The SMILES string of the molecule is COc1cccc2c1N(CCCO)CCC2. The Kier molecular flexibility index (Phi) is 3.67. The fourth-order valence-corrected chi connectivity index (χ4v) is 2.35. The highest BCUT2D eigenvalue weighted by atomic mass is 16.5. The zero-order chi connectivity index (χ0) is 11.4. The van der Waals surface area contributed by atoms with Gasteiger partial charge in [-0.1, -0.05) is 12.1 Å². The molecule has 1 aliphatic rings. The maximum Gasteiger partial charge on any atom is 0.142 e. The highest BCUT2D eigenvalue weighted by Crippen LogP contribution is 2.35. The molecule has 0 saturated carbocycles. The molecule has 0 spiro atoms. The quantitative estimate of drug-likeness (QED) is 0.842. The van der Waals surface area contributed by atoms with Gasteiger partial charge in [-0.2, -0.15) is 0 Å². The Bertz CT molecular complexity index is 338. The number of aryl methyl sites for hydroxylation is 1. The van der Waals surface area contributed by atoms with Crippen molar-refractivity contribution in [3.8, 4) is 5.75 Å². The minimum atomic E-state index is 0.251. The lowest BCUT2D eigenvalue weighted by Gasteiger charge is -2.32. The van der Waals surface area contributed by atoms with E-state index in [0.29, 0.717) is 0 Å². The highest BCUT2D eigenvalue weighted by molar-refractivity contribution is 5.65. The summed E-state index contributed by atoms with van der Waals surface area (Å²) in [7, 11) is 1.72. The molecule has 3 heteroatoms. The first-order valence-corrected chi connectivity index (χ1v) is 5.88. The summed E-state index contributed by atoms with van der Waals surface area (Å²) in [6.45, 7) is 2.22. The predicted octanol–water partition coefficient (Wildman–Crippen LogP) is 1.83. The summed E-state index contributed by atoms with van der Waals surface area (Å²) in [4.78, 5) is 2.33. The largest absolute Gasteiger partial charge is 0.495 e. The maximum atomic E-state index is 8.91. The summed E-state index contributed by atoms with van der Waals surface area (Å²) in [6.07, 6.45) is 3.13. The van der Waals surface area contributed by atoms with Crippen LogP contribution in [0.3, 0.4) is 0 Å². The van der Waals surface area contributed by atoms with Gasteiger partial charge in [0.05, 0.1) is 12.8 Å². The molecule has 16 heavy (non-hydrogen) atoms. The molecule has 0 radical (unpaired) electrons. The molecule has 0 aromatic heterocycles. The zero-order valence-corrected chi connectivity index (χ0v) is 9.78. The van der Waals surface area contributed by atoms with E-state index in [-0.39, 0.29) is 6.61 Å². The van der Waals surface area contributed by atoms with Crippen molar-refractivity contribution in [2.75, 3.05) is 31.7 Å². The number of hydrogen-bond acceptors (Lipinski definition) is 3. The average molecular weight is 221 g/mol. The van der Waals surface area contributed by atoms with Crippen LogP contribution in [-0.4, -0.2) is 31.9 Å². The number of rotatable bonds is 4. The number of benzene rings is 1. The maximum absolute atomic E-state index is 8.91. The van der Waals surface area contributed by atoms with Crippen molar-refractivity contribution in [1.29, 1.82) is 0 Å². The van der Waals surface area contributed by atoms with E-state index in [2.05, 4.69) is 11.0 Å². The summed E-state index contributed by atoms with van der Waals surface area (Å²) in [6, 6.07) is 6.23. The fraction of sp³-hybridized carbons (Fsp3) is 0.538. The van der Waals surface area contributed by atoms with Crippen molar-refractivity contribution in [3.63, 3.8) is 0 Å². The molecule has 0 unspecified atom stereocenters. The first kappa shape index (κ1) is 11.3. The fourth-order valence-electron chi connectivity index (χ4n) is 2.35. The lowest BCUT2D eigenvalue weighted by Crippen LogP contribution is -2.31. The van der Waals surface area contributed by atoms with Gasteiger partial charge >= 0.3 is 0 Å². The predicted molar refractivity (Wildman–Crippen MR) is 65.2 cm³/mol. The number of para-hydroxylation sites is 1. The number of anilines is 1. The minimum Gasteiger partial charge on any atom is -0.495 e. The molecule has 0 aliphatic carbocycles. The minimum absolute atomic E-state index is 0.251. The van der Waals surface area contributed by atoms with Crippen LogP contribution in [0.2, 0.25) is 0 Å². The molecule has 88 valence electrons. The van der Waals surface area contributed by atoms with Crippen LogP contribution in [0.1, 0.15) is 18.4 Å². The van der Waals surface area contributed by atoms with E-state index in [9.17, 15) is 0 Å². The molecule has 1 N–H and O–H groups in total. The number of aliphatic hydroxyl groups is 1. The van der Waals surface area contributed by atoms with Crippen LogP contribution in [0, 0.1) is 0 Å². The van der Waals surface area contributed by atoms with Gasteiger partial charge in [0, 0.05) is 19.7 Å². The molecule has 0 bridgehead atoms. The Hall–Kier alpha value is -1.22. The van der Waals surface area contributed by atoms with Gasteiger partial charge in [-0.3, -0.25) is 0 Å². The highest BCUT2D eigenvalue weighted by Gasteiger charge is 2.19. The third-order valence-corrected chi connectivity index (χ3v) is 3.08. The molecule has 1 aromatic carbocycles. The van der Waals surface area contributed by atoms with Crippen LogP contribution >= 0.6 is 0 Å². The van der Waals surface area contributed by atoms with E-state index in [0.717, 1.165) is 31.7 Å². The molecule has 1 heterocycles. The number of ether oxygens (including phenoxy) is 1. The molecular weight excluding hydrogens is 202 g/mol. The number of methoxy groups -OCH3 is 1. The van der Waals surface area contributed by atoms with Crippen molar-refractivity contribution >= 4 is 5.69 Å². The second-order valence-corrected chi connectivity index (χ2v) is 4.14. The van der Waals surface area contributed by atoms with Gasteiger partial charge in [-0.25, -0.2) is 0 Å².